The number of fused-ring (bicyclic) bond motifs is 1. The van der Waals surface area contributed by atoms with E-state index in [0.717, 1.165) is 10.8 Å². The van der Waals surface area contributed by atoms with Crippen LogP contribution in [0.5, 0.6) is 17.5 Å². The van der Waals surface area contributed by atoms with Crippen LogP contribution in [0.2, 0.25) is 5.02 Å². The highest BCUT2D eigenvalue weighted by Crippen LogP contribution is 2.26. The van der Waals surface area contributed by atoms with E-state index in [4.69, 9.17) is 16.3 Å². The van der Waals surface area contributed by atoms with E-state index in [1.807, 2.05) is 24.3 Å². The summed E-state index contributed by atoms with van der Waals surface area (Å²) in [6.45, 7) is 0. The summed E-state index contributed by atoms with van der Waals surface area (Å²) < 4.78 is 5.52. The second-order valence-corrected chi connectivity index (χ2v) is 4.42. The number of phenolic OH excluding ortho intramolecular Hbond substituents is 1. The van der Waals surface area contributed by atoms with Gasteiger partial charge >= 0.3 is 6.01 Å². The van der Waals surface area contributed by atoms with Crippen LogP contribution < -0.4 is 4.74 Å². The Hall–Kier alpha value is -2.33. The molecule has 0 saturated carbocycles. The molecule has 3 rings (SSSR count). The molecule has 1 N–H and O–H groups in total. The lowest BCUT2D eigenvalue weighted by atomic mass is 10.1. The van der Waals surface area contributed by atoms with Gasteiger partial charge in [0.15, 0.2) is 0 Å². The number of nitrogens with zero attached hydrogens (tertiary/aromatic N) is 2. The van der Waals surface area contributed by atoms with Gasteiger partial charge in [0.2, 0.25) is 0 Å². The van der Waals surface area contributed by atoms with Crippen molar-refractivity contribution in [1.29, 1.82) is 0 Å². The van der Waals surface area contributed by atoms with Gasteiger partial charge < -0.3 is 9.84 Å². The lowest BCUT2D eigenvalue weighted by molar-refractivity contribution is 0.442. The molecule has 0 aliphatic heterocycles. The maximum Gasteiger partial charge on any atom is 0.321 e. The summed E-state index contributed by atoms with van der Waals surface area (Å²) >= 11 is 5.70. The lowest BCUT2D eigenvalue weighted by Gasteiger charge is -2.05. The van der Waals surface area contributed by atoms with Gasteiger partial charge in [0.25, 0.3) is 0 Å². The molecule has 19 heavy (non-hydrogen) atoms. The summed E-state index contributed by atoms with van der Waals surface area (Å²) in [7, 11) is 0. The Morgan fingerprint density at radius 3 is 2.47 bits per heavy atom. The molecule has 0 radical (unpaired) electrons. The van der Waals surface area contributed by atoms with E-state index >= 15 is 0 Å². The first-order chi connectivity index (χ1) is 9.20. The van der Waals surface area contributed by atoms with Crippen LogP contribution in [0, 0.1) is 0 Å². The first kappa shape index (κ1) is 11.7. The van der Waals surface area contributed by atoms with Gasteiger partial charge in [0, 0.05) is 0 Å². The normalized spacial score (nSPS) is 10.6. The van der Waals surface area contributed by atoms with Crippen LogP contribution in [0.15, 0.2) is 48.8 Å². The third-order valence-electron chi connectivity index (χ3n) is 2.60. The second-order valence-electron chi connectivity index (χ2n) is 3.98. The SMILES string of the molecule is Oc1ccc2ccc(Oc3ncc(Cl)cn3)cc2c1. The average molecular weight is 273 g/mol. The molecule has 0 bridgehead atoms. The van der Waals surface area contributed by atoms with Crippen LogP contribution in [-0.2, 0) is 0 Å². The number of rotatable bonds is 2. The minimum atomic E-state index is 0.215. The summed E-state index contributed by atoms with van der Waals surface area (Å²) in [5, 5.41) is 11.8. The van der Waals surface area contributed by atoms with E-state index < -0.39 is 0 Å². The first-order valence-electron chi connectivity index (χ1n) is 5.59. The minimum Gasteiger partial charge on any atom is -0.508 e. The topological polar surface area (TPSA) is 55.2 Å². The maximum atomic E-state index is 9.46. The maximum absolute atomic E-state index is 9.46. The monoisotopic (exact) mass is 272 g/mol. The molecule has 0 amide bonds. The quantitative estimate of drug-likeness (QED) is 0.771. The van der Waals surface area contributed by atoms with Crippen molar-refractivity contribution in [3.05, 3.63) is 53.8 Å². The molecular weight excluding hydrogens is 264 g/mol. The van der Waals surface area contributed by atoms with Crippen molar-refractivity contribution in [2.24, 2.45) is 0 Å². The van der Waals surface area contributed by atoms with Gasteiger partial charge in [-0.1, -0.05) is 23.7 Å². The number of phenols is 1. The van der Waals surface area contributed by atoms with Gasteiger partial charge in [-0.2, -0.15) is 0 Å². The number of aromatic nitrogens is 2. The van der Waals surface area contributed by atoms with Gasteiger partial charge in [0.1, 0.15) is 11.5 Å². The van der Waals surface area contributed by atoms with E-state index in [1.54, 1.807) is 12.1 Å². The van der Waals surface area contributed by atoms with Crippen LogP contribution in [-0.4, -0.2) is 15.1 Å². The molecule has 0 aliphatic carbocycles. The Balaban J connectivity index is 1.94. The summed E-state index contributed by atoms with van der Waals surface area (Å²) in [6, 6.07) is 10.9. The molecule has 0 saturated heterocycles. The highest BCUT2D eigenvalue weighted by atomic mass is 35.5. The predicted molar refractivity (Wildman–Crippen MR) is 72.7 cm³/mol. The highest BCUT2D eigenvalue weighted by Gasteiger charge is 2.02. The molecule has 94 valence electrons. The van der Waals surface area contributed by atoms with Gasteiger partial charge in [-0.05, 0) is 35.0 Å². The molecule has 0 fully saturated rings. The molecule has 1 heterocycles. The fourth-order valence-corrected chi connectivity index (χ4v) is 1.83. The number of hydrogen-bond acceptors (Lipinski definition) is 4. The number of ether oxygens (including phenoxy) is 1. The molecule has 5 heteroatoms. The fraction of sp³-hybridized carbons (Fsp3) is 0. The molecule has 1 aromatic heterocycles. The number of benzene rings is 2. The smallest absolute Gasteiger partial charge is 0.321 e. The zero-order chi connectivity index (χ0) is 13.2. The first-order valence-corrected chi connectivity index (χ1v) is 5.97. The standard InChI is InChI=1S/C14H9ClN2O2/c15-11-7-16-14(17-8-11)19-13-4-2-9-1-3-12(18)5-10(9)6-13/h1-8,18H. The molecule has 3 aromatic rings. The number of hydrogen-bond donors (Lipinski definition) is 1. The van der Waals surface area contributed by atoms with Gasteiger partial charge in [0.05, 0.1) is 17.4 Å². The van der Waals surface area contributed by atoms with Gasteiger partial charge in [-0.25, -0.2) is 9.97 Å². The summed E-state index contributed by atoms with van der Waals surface area (Å²) in [6.07, 6.45) is 2.94. The Kier molecular flexibility index (Phi) is 2.93. The van der Waals surface area contributed by atoms with Crippen LogP contribution in [0.1, 0.15) is 0 Å². The van der Waals surface area contributed by atoms with E-state index in [1.165, 1.54) is 12.4 Å². The Morgan fingerprint density at radius 2 is 1.68 bits per heavy atom. The van der Waals surface area contributed by atoms with Crippen LogP contribution in [0.3, 0.4) is 0 Å². The fourth-order valence-electron chi connectivity index (χ4n) is 1.73. The summed E-state index contributed by atoms with van der Waals surface area (Å²) in [4.78, 5) is 7.91. The highest BCUT2D eigenvalue weighted by molar-refractivity contribution is 6.30. The van der Waals surface area contributed by atoms with Crippen molar-refractivity contribution in [3.63, 3.8) is 0 Å². The van der Waals surface area contributed by atoms with Crippen LogP contribution in [0.4, 0.5) is 0 Å². The Morgan fingerprint density at radius 1 is 0.947 bits per heavy atom. The number of aromatic hydroxyl groups is 1. The van der Waals surface area contributed by atoms with Crippen LogP contribution >= 0.6 is 11.6 Å². The lowest BCUT2D eigenvalue weighted by Crippen LogP contribution is -1.90. The van der Waals surface area contributed by atoms with Crippen molar-refractivity contribution in [2.45, 2.75) is 0 Å². The second kappa shape index (κ2) is 4.74. The summed E-state index contributed by atoms with van der Waals surface area (Å²) in [5.41, 5.74) is 0. The van der Waals surface area contributed by atoms with Crippen molar-refractivity contribution in [2.75, 3.05) is 0 Å². The zero-order valence-corrected chi connectivity index (χ0v) is 10.5. The third kappa shape index (κ3) is 2.58. The van der Waals surface area contributed by atoms with Crippen molar-refractivity contribution in [3.8, 4) is 17.5 Å². The Labute approximate surface area is 114 Å². The van der Waals surface area contributed by atoms with Crippen molar-refractivity contribution < 1.29 is 9.84 Å². The predicted octanol–water partition coefficient (Wildman–Crippen LogP) is 3.78. The molecule has 4 nitrogen and oxygen atoms in total. The van der Waals surface area contributed by atoms with E-state index in [2.05, 4.69) is 9.97 Å². The third-order valence-corrected chi connectivity index (χ3v) is 2.80. The number of halogens is 1. The molecule has 0 unspecified atom stereocenters. The molecule has 0 atom stereocenters. The van der Waals surface area contributed by atoms with E-state index in [-0.39, 0.29) is 11.8 Å². The molecule has 2 aromatic carbocycles. The molecule has 0 spiro atoms. The van der Waals surface area contributed by atoms with E-state index in [9.17, 15) is 5.11 Å². The van der Waals surface area contributed by atoms with Crippen LogP contribution in [0.25, 0.3) is 10.8 Å². The average Bonchev–Trinajstić information content (AvgIpc) is 2.41. The van der Waals surface area contributed by atoms with E-state index in [0.29, 0.717) is 10.8 Å². The largest absolute Gasteiger partial charge is 0.508 e. The Bertz CT molecular complexity index is 729. The van der Waals surface area contributed by atoms with Crippen molar-refractivity contribution >= 4 is 22.4 Å². The summed E-state index contributed by atoms with van der Waals surface area (Å²) in [5.74, 6) is 0.813. The van der Waals surface area contributed by atoms with Gasteiger partial charge in [-0.15, -0.1) is 0 Å². The van der Waals surface area contributed by atoms with Crippen molar-refractivity contribution in [1.82, 2.24) is 9.97 Å². The molecule has 0 aliphatic rings. The van der Waals surface area contributed by atoms with Gasteiger partial charge in [-0.3, -0.25) is 0 Å². The molecular formula is C14H9ClN2O2. The minimum absolute atomic E-state index is 0.215. The zero-order valence-electron chi connectivity index (χ0n) is 9.75.